The number of imidazole rings is 1. The van der Waals surface area contributed by atoms with Crippen LogP contribution >= 0.6 is 11.6 Å². The van der Waals surface area contributed by atoms with E-state index in [1.54, 1.807) is 24.7 Å². The molecule has 1 aliphatic rings. The normalized spacial score (nSPS) is 16.3. The predicted octanol–water partition coefficient (Wildman–Crippen LogP) is 4.16. The van der Waals surface area contributed by atoms with E-state index in [4.69, 9.17) is 16.1 Å². The van der Waals surface area contributed by atoms with Crippen LogP contribution in [0, 0.1) is 5.92 Å². The number of nitrogens with one attached hydrogen (secondary N) is 1. The molecule has 180 valence electrons. The molecule has 2 aromatic heterocycles. The zero-order valence-corrected chi connectivity index (χ0v) is 20.1. The zero-order valence-electron chi connectivity index (χ0n) is 19.3. The fraction of sp³-hybridized carbons (Fsp3) is 0.308. The lowest BCUT2D eigenvalue weighted by molar-refractivity contribution is -0.127. The molecule has 4 aromatic rings. The number of benzene rings is 2. The molecule has 1 atom stereocenters. The molecule has 1 aliphatic heterocycles. The number of aromatic nitrogens is 4. The molecule has 3 heterocycles. The van der Waals surface area contributed by atoms with Crippen LogP contribution in [0.3, 0.4) is 0 Å². The summed E-state index contributed by atoms with van der Waals surface area (Å²) in [6.07, 6.45) is 7.35. The zero-order chi connectivity index (χ0) is 24.0. The number of piperidine rings is 1. The topological polar surface area (TPSA) is 89.1 Å². The van der Waals surface area contributed by atoms with Gasteiger partial charge in [-0.05, 0) is 54.8 Å². The van der Waals surface area contributed by atoms with Gasteiger partial charge in [0.2, 0.25) is 17.6 Å². The van der Waals surface area contributed by atoms with Gasteiger partial charge in [-0.25, -0.2) is 4.98 Å². The summed E-state index contributed by atoms with van der Waals surface area (Å²) in [5.74, 6) is 1.11. The Kier molecular flexibility index (Phi) is 7.20. The maximum Gasteiger partial charge on any atom is 0.241 e. The van der Waals surface area contributed by atoms with Crippen molar-refractivity contribution >= 4 is 17.5 Å². The average molecular weight is 491 g/mol. The van der Waals surface area contributed by atoms with Crippen LogP contribution in [0.4, 0.5) is 0 Å². The minimum atomic E-state index is -0.0588. The third-order valence-electron chi connectivity index (χ3n) is 6.19. The Balaban J connectivity index is 1.13. The molecule has 1 N–H and O–H groups in total. The first-order valence-corrected chi connectivity index (χ1v) is 12.1. The number of hydrogen-bond donors (Lipinski definition) is 1. The van der Waals surface area contributed by atoms with Crippen LogP contribution in [0.2, 0.25) is 5.02 Å². The number of halogens is 1. The van der Waals surface area contributed by atoms with Crippen molar-refractivity contribution in [1.82, 2.24) is 29.9 Å². The summed E-state index contributed by atoms with van der Waals surface area (Å²) in [6, 6.07) is 15.6. The molecule has 0 bridgehead atoms. The Morgan fingerprint density at radius 3 is 2.83 bits per heavy atom. The van der Waals surface area contributed by atoms with Crippen molar-refractivity contribution in [2.45, 2.75) is 32.5 Å². The van der Waals surface area contributed by atoms with Gasteiger partial charge >= 0.3 is 0 Å². The molecule has 0 aliphatic carbocycles. The van der Waals surface area contributed by atoms with Gasteiger partial charge in [-0.2, -0.15) is 4.98 Å². The maximum atomic E-state index is 12.9. The number of hydrogen-bond acceptors (Lipinski definition) is 6. The van der Waals surface area contributed by atoms with Crippen LogP contribution < -0.4 is 5.32 Å². The van der Waals surface area contributed by atoms with E-state index in [9.17, 15) is 4.79 Å². The molecule has 35 heavy (non-hydrogen) atoms. The molecule has 0 saturated carbocycles. The summed E-state index contributed by atoms with van der Waals surface area (Å²) in [5.41, 5.74) is 3.12. The predicted molar refractivity (Wildman–Crippen MR) is 132 cm³/mol. The molecule has 5 rings (SSSR count). The second-order valence-corrected chi connectivity index (χ2v) is 9.30. The molecule has 9 heteroatoms. The monoisotopic (exact) mass is 490 g/mol. The average Bonchev–Trinajstić information content (AvgIpc) is 3.56. The van der Waals surface area contributed by atoms with Crippen molar-refractivity contribution < 1.29 is 9.32 Å². The van der Waals surface area contributed by atoms with Crippen LogP contribution in [0.5, 0.6) is 0 Å². The highest BCUT2D eigenvalue weighted by Crippen LogP contribution is 2.22. The number of rotatable bonds is 8. The van der Waals surface area contributed by atoms with E-state index in [1.165, 1.54) is 5.56 Å². The molecular weight excluding hydrogens is 464 g/mol. The number of carbonyl (C=O) groups excluding carboxylic acids is 1. The Morgan fingerprint density at radius 2 is 2.00 bits per heavy atom. The standard InChI is InChI=1S/C26H27ClN6O2/c27-23-8-6-21(7-9-23)25-30-24(35-31-25)17-32-11-2-5-22(16-32)26(34)29-14-19-3-1-4-20(13-19)15-33-12-10-28-18-33/h1,3-4,6-10,12-13,18,22H,2,5,11,14-17H2,(H,29,34). The van der Waals surface area contributed by atoms with E-state index in [0.717, 1.165) is 37.1 Å². The Hall–Kier alpha value is -3.49. The Morgan fingerprint density at radius 1 is 1.14 bits per heavy atom. The molecule has 8 nitrogen and oxygen atoms in total. The number of nitrogens with zero attached hydrogens (tertiary/aromatic N) is 5. The minimum absolute atomic E-state index is 0.0588. The van der Waals surface area contributed by atoms with Crippen molar-refractivity contribution in [3.63, 3.8) is 0 Å². The molecule has 0 spiro atoms. The third-order valence-corrected chi connectivity index (χ3v) is 6.44. The summed E-state index contributed by atoms with van der Waals surface area (Å²) < 4.78 is 7.48. The maximum absolute atomic E-state index is 12.9. The molecule has 0 radical (unpaired) electrons. The van der Waals surface area contributed by atoms with Gasteiger partial charge in [-0.1, -0.05) is 41.0 Å². The molecule has 1 amide bonds. The summed E-state index contributed by atoms with van der Waals surface area (Å²) in [4.78, 5) is 23.7. The molecule has 1 unspecified atom stereocenters. The first-order chi connectivity index (χ1) is 17.1. The van der Waals surface area contributed by atoms with Crippen molar-refractivity contribution in [2.75, 3.05) is 13.1 Å². The van der Waals surface area contributed by atoms with Crippen molar-refractivity contribution in [1.29, 1.82) is 0 Å². The van der Waals surface area contributed by atoms with Crippen LogP contribution in [-0.2, 0) is 24.4 Å². The molecular formula is C26H27ClN6O2. The highest BCUT2D eigenvalue weighted by Gasteiger charge is 2.26. The van der Waals surface area contributed by atoms with E-state index >= 15 is 0 Å². The van der Waals surface area contributed by atoms with E-state index in [-0.39, 0.29) is 11.8 Å². The van der Waals surface area contributed by atoms with Crippen LogP contribution in [0.1, 0.15) is 29.9 Å². The van der Waals surface area contributed by atoms with Gasteiger partial charge in [0.05, 0.1) is 18.8 Å². The van der Waals surface area contributed by atoms with Gasteiger partial charge in [0.1, 0.15) is 0 Å². The summed E-state index contributed by atoms with van der Waals surface area (Å²) in [7, 11) is 0. The van der Waals surface area contributed by atoms with Crippen LogP contribution in [0.25, 0.3) is 11.4 Å². The second kappa shape index (κ2) is 10.8. The summed E-state index contributed by atoms with van der Waals surface area (Å²) in [5, 5.41) is 7.88. The molecule has 1 saturated heterocycles. The number of carbonyl (C=O) groups is 1. The fourth-order valence-corrected chi connectivity index (χ4v) is 4.53. The smallest absolute Gasteiger partial charge is 0.241 e. The Labute approximate surface area is 208 Å². The van der Waals surface area contributed by atoms with Gasteiger partial charge in [-0.3, -0.25) is 9.69 Å². The lowest BCUT2D eigenvalue weighted by atomic mass is 9.97. The SMILES string of the molecule is O=C(NCc1cccc(Cn2ccnc2)c1)C1CCCN(Cc2nc(-c3ccc(Cl)cc3)no2)C1. The lowest BCUT2D eigenvalue weighted by Gasteiger charge is -2.30. The van der Waals surface area contributed by atoms with E-state index in [2.05, 4.69) is 37.5 Å². The molecule has 2 aromatic carbocycles. The van der Waals surface area contributed by atoms with Gasteiger partial charge in [0.25, 0.3) is 0 Å². The minimum Gasteiger partial charge on any atom is -0.352 e. The first-order valence-electron chi connectivity index (χ1n) is 11.7. The third kappa shape index (κ3) is 6.15. The van der Waals surface area contributed by atoms with E-state index in [1.807, 2.05) is 35.0 Å². The van der Waals surface area contributed by atoms with E-state index in [0.29, 0.717) is 36.4 Å². The largest absolute Gasteiger partial charge is 0.352 e. The summed E-state index contributed by atoms with van der Waals surface area (Å²) in [6.45, 7) is 3.38. The van der Waals surface area contributed by atoms with Crippen molar-refractivity contribution in [3.05, 3.63) is 89.3 Å². The Bertz CT molecular complexity index is 1260. The quantitative estimate of drug-likeness (QED) is 0.399. The summed E-state index contributed by atoms with van der Waals surface area (Å²) >= 11 is 5.96. The van der Waals surface area contributed by atoms with E-state index < -0.39 is 0 Å². The van der Waals surface area contributed by atoms with Gasteiger partial charge < -0.3 is 14.4 Å². The number of likely N-dealkylation sites (tertiary alicyclic amines) is 1. The lowest BCUT2D eigenvalue weighted by Crippen LogP contribution is -2.42. The van der Waals surface area contributed by atoms with Crippen LogP contribution in [0.15, 0.2) is 71.8 Å². The fourth-order valence-electron chi connectivity index (χ4n) is 4.40. The van der Waals surface area contributed by atoms with Crippen molar-refractivity contribution in [2.24, 2.45) is 5.92 Å². The van der Waals surface area contributed by atoms with Crippen LogP contribution in [-0.4, -0.2) is 43.6 Å². The van der Waals surface area contributed by atoms with Gasteiger partial charge in [-0.15, -0.1) is 0 Å². The molecule has 1 fully saturated rings. The van der Waals surface area contributed by atoms with Gasteiger partial charge in [0, 0.05) is 42.6 Å². The van der Waals surface area contributed by atoms with Crippen molar-refractivity contribution in [3.8, 4) is 11.4 Å². The second-order valence-electron chi connectivity index (χ2n) is 8.87. The number of amides is 1. The van der Waals surface area contributed by atoms with Gasteiger partial charge in [0.15, 0.2) is 0 Å². The highest BCUT2D eigenvalue weighted by atomic mass is 35.5. The highest BCUT2D eigenvalue weighted by molar-refractivity contribution is 6.30. The first kappa shape index (κ1) is 23.3.